The Kier molecular flexibility index (Phi) is 6.39. The molecule has 0 bridgehead atoms. The average molecular weight is 458 g/mol. The van der Waals surface area contributed by atoms with Crippen LogP contribution in [0, 0.1) is 0 Å². The number of para-hydroxylation sites is 2. The van der Waals surface area contributed by atoms with Crippen molar-refractivity contribution < 1.29 is 0 Å². The van der Waals surface area contributed by atoms with Crippen molar-refractivity contribution in [2.75, 3.05) is 10.6 Å². The van der Waals surface area contributed by atoms with Crippen LogP contribution in [0.1, 0.15) is 0 Å². The van der Waals surface area contributed by atoms with Crippen molar-refractivity contribution in [2.45, 2.75) is 0 Å². The Hall–Kier alpha value is -5.04. The summed E-state index contributed by atoms with van der Waals surface area (Å²) in [6, 6.07) is 35.3. The molecule has 0 radical (unpaired) electrons. The fourth-order valence-corrected chi connectivity index (χ4v) is 3.54. The van der Waals surface area contributed by atoms with E-state index in [9.17, 15) is 0 Å². The molecule has 170 valence electrons. The minimum atomic E-state index is 0.207. The van der Waals surface area contributed by atoms with Gasteiger partial charge >= 0.3 is 0 Å². The first-order valence-corrected chi connectivity index (χ1v) is 11.1. The number of pyridine rings is 1. The van der Waals surface area contributed by atoms with Gasteiger partial charge in [0.1, 0.15) is 0 Å². The Morgan fingerprint density at radius 2 is 1.26 bits per heavy atom. The summed E-state index contributed by atoms with van der Waals surface area (Å²) in [4.78, 5) is 8.93. The predicted molar refractivity (Wildman–Crippen MR) is 142 cm³/mol. The number of nitrogens with two attached hydrogens (primary N) is 1. The Labute approximate surface area is 203 Å². The third kappa shape index (κ3) is 5.48. The van der Waals surface area contributed by atoms with Crippen molar-refractivity contribution in [3.05, 3.63) is 115 Å². The zero-order chi connectivity index (χ0) is 23.9. The highest BCUT2D eigenvalue weighted by atomic mass is 15.2. The molecule has 0 fully saturated rings. The van der Waals surface area contributed by atoms with Crippen LogP contribution in [0.5, 0.6) is 0 Å². The third-order valence-corrected chi connectivity index (χ3v) is 5.26. The third-order valence-electron chi connectivity index (χ3n) is 5.26. The van der Waals surface area contributed by atoms with Gasteiger partial charge in [0.05, 0.1) is 34.6 Å². The van der Waals surface area contributed by atoms with Crippen LogP contribution in [0.25, 0.3) is 22.5 Å². The maximum absolute atomic E-state index is 6.16. The number of nitrogens with zero attached hydrogens (tertiary/aromatic N) is 4. The minimum absolute atomic E-state index is 0.207. The van der Waals surface area contributed by atoms with Crippen LogP contribution < -0.4 is 16.4 Å². The van der Waals surface area contributed by atoms with E-state index in [4.69, 9.17) is 5.73 Å². The molecule has 0 saturated carbocycles. The van der Waals surface area contributed by atoms with Gasteiger partial charge in [0.15, 0.2) is 11.8 Å². The summed E-state index contributed by atoms with van der Waals surface area (Å²) in [6.45, 7) is 0. The summed E-state index contributed by atoms with van der Waals surface area (Å²) in [5.41, 5.74) is 12.4. The molecule has 3 aromatic carbocycles. The summed E-state index contributed by atoms with van der Waals surface area (Å²) in [6.07, 6.45) is 1.81. The molecule has 2 aromatic heterocycles. The summed E-state index contributed by atoms with van der Waals surface area (Å²) in [5, 5.41) is 15.0. The highest BCUT2D eigenvalue weighted by molar-refractivity contribution is 5.97. The molecule has 0 unspecified atom stereocenters. The lowest BCUT2D eigenvalue weighted by Gasteiger charge is -2.13. The van der Waals surface area contributed by atoms with Gasteiger partial charge in [0.2, 0.25) is 0 Å². The van der Waals surface area contributed by atoms with Gasteiger partial charge in [-0.15, -0.1) is 10.2 Å². The molecule has 2 heterocycles. The molecule has 5 rings (SSSR count). The molecule has 0 atom stereocenters. The normalized spacial score (nSPS) is 11.1. The zero-order valence-corrected chi connectivity index (χ0v) is 18.8. The largest absolute Gasteiger partial charge is 0.369 e. The molecule has 0 aliphatic rings. The molecule has 0 spiro atoms. The second-order valence-electron chi connectivity index (χ2n) is 7.73. The average Bonchev–Trinajstić information content (AvgIpc) is 2.92. The number of hydrogen-bond donors (Lipinski definition) is 3. The molecule has 0 amide bonds. The highest BCUT2D eigenvalue weighted by Gasteiger charge is 2.06. The van der Waals surface area contributed by atoms with Crippen molar-refractivity contribution >= 4 is 28.8 Å². The SMILES string of the molecule is NC(=Nc1ccc(-c2ccccc2)nn1)Nc1ccccc1Nc1ccc(-c2ccccc2)nc1. The lowest BCUT2D eigenvalue weighted by molar-refractivity contribution is 1.03. The minimum Gasteiger partial charge on any atom is -0.369 e. The van der Waals surface area contributed by atoms with Crippen LogP contribution >= 0.6 is 0 Å². The first kappa shape index (κ1) is 21.8. The van der Waals surface area contributed by atoms with Gasteiger partial charge in [-0.1, -0.05) is 72.8 Å². The molecule has 0 aliphatic heterocycles. The first-order chi connectivity index (χ1) is 17.2. The standard InChI is InChI=1S/C28H23N7/c29-28(33-27-18-17-24(34-35-27)21-11-5-2-6-12-21)32-26-14-8-7-13-25(26)31-22-15-16-23(30-19-22)20-9-3-1-4-10-20/h1-19,31H,(H3,29,32,33,35). The van der Waals surface area contributed by atoms with Crippen molar-refractivity contribution in [1.82, 2.24) is 15.2 Å². The van der Waals surface area contributed by atoms with E-state index < -0.39 is 0 Å². The van der Waals surface area contributed by atoms with Crippen molar-refractivity contribution in [3.8, 4) is 22.5 Å². The van der Waals surface area contributed by atoms with Crippen molar-refractivity contribution in [2.24, 2.45) is 10.7 Å². The molecule has 0 aliphatic carbocycles. The summed E-state index contributed by atoms with van der Waals surface area (Å²) >= 11 is 0. The Morgan fingerprint density at radius 1 is 0.629 bits per heavy atom. The molecule has 5 aromatic rings. The van der Waals surface area contributed by atoms with Crippen LogP contribution in [0.3, 0.4) is 0 Å². The molecule has 7 heteroatoms. The maximum atomic E-state index is 6.16. The lowest BCUT2D eigenvalue weighted by atomic mass is 10.1. The zero-order valence-electron chi connectivity index (χ0n) is 18.8. The fraction of sp³-hybridized carbons (Fsp3) is 0. The van der Waals surface area contributed by atoms with Gasteiger partial charge in [-0.05, 0) is 36.4 Å². The van der Waals surface area contributed by atoms with E-state index in [-0.39, 0.29) is 5.96 Å². The van der Waals surface area contributed by atoms with Gasteiger partial charge in [-0.25, -0.2) is 0 Å². The first-order valence-electron chi connectivity index (χ1n) is 11.1. The predicted octanol–water partition coefficient (Wildman–Crippen LogP) is 6.01. The van der Waals surface area contributed by atoms with Crippen LogP contribution in [0.15, 0.2) is 120 Å². The quantitative estimate of drug-likeness (QED) is 0.213. The Morgan fingerprint density at radius 3 is 1.89 bits per heavy atom. The Balaban J connectivity index is 1.29. The van der Waals surface area contributed by atoms with E-state index in [1.54, 1.807) is 12.3 Å². The van der Waals surface area contributed by atoms with Crippen LogP contribution in [-0.4, -0.2) is 21.1 Å². The van der Waals surface area contributed by atoms with Crippen LogP contribution in [-0.2, 0) is 0 Å². The number of nitrogens with one attached hydrogen (secondary N) is 2. The number of benzene rings is 3. The van der Waals surface area contributed by atoms with E-state index in [1.165, 1.54) is 0 Å². The molecular weight excluding hydrogens is 434 g/mol. The topological polar surface area (TPSA) is 101 Å². The Bertz CT molecular complexity index is 1420. The van der Waals surface area contributed by atoms with Gasteiger partial charge in [0.25, 0.3) is 0 Å². The maximum Gasteiger partial charge on any atom is 0.199 e. The fourth-order valence-electron chi connectivity index (χ4n) is 3.54. The smallest absolute Gasteiger partial charge is 0.199 e. The summed E-state index contributed by atoms with van der Waals surface area (Å²) < 4.78 is 0. The van der Waals surface area contributed by atoms with Crippen LogP contribution in [0.2, 0.25) is 0 Å². The van der Waals surface area contributed by atoms with Crippen LogP contribution in [0.4, 0.5) is 22.9 Å². The molecule has 7 nitrogen and oxygen atoms in total. The lowest BCUT2D eigenvalue weighted by Crippen LogP contribution is -2.22. The van der Waals surface area contributed by atoms with Crippen molar-refractivity contribution in [3.63, 3.8) is 0 Å². The molecule has 0 saturated heterocycles. The van der Waals surface area contributed by atoms with E-state index in [2.05, 4.69) is 30.8 Å². The van der Waals surface area contributed by atoms with E-state index in [0.717, 1.165) is 39.6 Å². The molecule has 35 heavy (non-hydrogen) atoms. The van der Waals surface area contributed by atoms with E-state index in [1.807, 2.05) is 103 Å². The van der Waals surface area contributed by atoms with Crippen molar-refractivity contribution in [1.29, 1.82) is 0 Å². The summed E-state index contributed by atoms with van der Waals surface area (Å²) in [7, 11) is 0. The second-order valence-corrected chi connectivity index (χ2v) is 7.73. The number of aromatic nitrogens is 3. The number of aliphatic imine (C=N–C) groups is 1. The van der Waals surface area contributed by atoms with E-state index >= 15 is 0 Å². The summed E-state index contributed by atoms with van der Waals surface area (Å²) in [5.74, 6) is 0.624. The van der Waals surface area contributed by atoms with Gasteiger partial charge in [-0.2, -0.15) is 4.99 Å². The van der Waals surface area contributed by atoms with Gasteiger partial charge in [0, 0.05) is 11.1 Å². The molecular formula is C28H23N7. The van der Waals surface area contributed by atoms with Gasteiger partial charge in [-0.3, -0.25) is 4.98 Å². The number of hydrogen-bond acceptors (Lipinski definition) is 5. The monoisotopic (exact) mass is 457 g/mol. The number of rotatable bonds is 6. The molecule has 4 N–H and O–H groups in total. The number of anilines is 3. The second kappa shape index (κ2) is 10.3. The highest BCUT2D eigenvalue weighted by Crippen LogP contribution is 2.26. The number of guanidine groups is 1. The van der Waals surface area contributed by atoms with E-state index in [0.29, 0.717) is 5.82 Å². The van der Waals surface area contributed by atoms with Gasteiger partial charge < -0.3 is 16.4 Å².